The number of aromatic nitrogens is 1. The minimum atomic E-state index is -4.49. The fourth-order valence-electron chi connectivity index (χ4n) is 3.42. The Morgan fingerprint density at radius 1 is 0.933 bits per heavy atom. The summed E-state index contributed by atoms with van der Waals surface area (Å²) in [6.45, 7) is 2.06. The van der Waals surface area contributed by atoms with Crippen molar-refractivity contribution >= 4 is 10.9 Å². The fourth-order valence-corrected chi connectivity index (χ4v) is 3.42. The Kier molecular flexibility index (Phi) is 5.16. The molecule has 0 spiro atoms. The molecule has 2 nitrogen and oxygen atoms in total. The molecule has 4 aromatic rings. The summed E-state index contributed by atoms with van der Waals surface area (Å²) in [6.07, 6.45) is -3.03. The van der Waals surface area contributed by atoms with Crippen molar-refractivity contribution in [2.45, 2.75) is 19.7 Å². The molecule has 0 aliphatic rings. The van der Waals surface area contributed by atoms with Gasteiger partial charge in [0.05, 0.1) is 11.1 Å². The van der Waals surface area contributed by atoms with Gasteiger partial charge in [0.25, 0.3) is 0 Å². The van der Waals surface area contributed by atoms with E-state index < -0.39 is 11.7 Å². The number of benzene rings is 3. The van der Waals surface area contributed by atoms with Crippen LogP contribution in [0.2, 0.25) is 0 Å². The quantitative estimate of drug-likeness (QED) is 0.339. The molecule has 0 saturated carbocycles. The van der Waals surface area contributed by atoms with Crippen LogP contribution in [0.3, 0.4) is 0 Å². The summed E-state index contributed by atoms with van der Waals surface area (Å²) in [5.74, 6) is 0.243. The van der Waals surface area contributed by atoms with Gasteiger partial charge in [0.2, 0.25) is 0 Å². The van der Waals surface area contributed by atoms with Gasteiger partial charge in [0, 0.05) is 11.6 Å². The minimum absolute atomic E-state index is 0.0803. The Bertz CT molecular complexity index is 1200. The molecule has 6 heteroatoms. The average Bonchev–Trinajstić information content (AvgIpc) is 2.72. The fraction of sp³-hybridized carbons (Fsp3) is 0.125. The normalized spacial score (nSPS) is 11.6. The lowest BCUT2D eigenvalue weighted by Crippen LogP contribution is -2.07. The van der Waals surface area contributed by atoms with Crippen molar-refractivity contribution in [3.63, 3.8) is 0 Å². The van der Waals surface area contributed by atoms with Gasteiger partial charge in [0.1, 0.15) is 18.2 Å². The van der Waals surface area contributed by atoms with Crippen molar-refractivity contribution in [1.82, 2.24) is 4.98 Å². The van der Waals surface area contributed by atoms with Gasteiger partial charge in [-0.3, -0.25) is 4.98 Å². The van der Waals surface area contributed by atoms with Gasteiger partial charge >= 0.3 is 6.18 Å². The molecule has 0 radical (unpaired) electrons. The lowest BCUT2D eigenvalue weighted by Gasteiger charge is -2.15. The number of fused-ring (bicyclic) bond motifs is 1. The van der Waals surface area contributed by atoms with Gasteiger partial charge in [-0.15, -0.1) is 0 Å². The Hall–Kier alpha value is -3.41. The van der Waals surface area contributed by atoms with Crippen LogP contribution in [0.25, 0.3) is 22.0 Å². The number of halogens is 4. The second kappa shape index (κ2) is 7.78. The molecular formula is C24H17F4NO. The molecule has 4 rings (SSSR count). The van der Waals surface area contributed by atoms with E-state index >= 15 is 0 Å². The molecule has 0 aliphatic carbocycles. The summed E-state index contributed by atoms with van der Waals surface area (Å²) in [6, 6.07) is 17.2. The molecule has 1 heterocycles. The molecule has 0 unspecified atom stereocenters. The van der Waals surface area contributed by atoms with Crippen LogP contribution in [0.1, 0.15) is 16.7 Å². The van der Waals surface area contributed by atoms with Crippen LogP contribution >= 0.6 is 0 Å². The van der Waals surface area contributed by atoms with E-state index in [1.807, 2.05) is 13.0 Å². The van der Waals surface area contributed by atoms with Crippen molar-refractivity contribution in [3.05, 3.63) is 95.4 Å². The highest BCUT2D eigenvalue weighted by Crippen LogP contribution is 2.38. The SMILES string of the molecule is Cc1cnc2c(C(F)(F)F)cccc2c1-c1cccc(OCc2ccc(F)cc2)c1. The van der Waals surface area contributed by atoms with Gasteiger partial charge < -0.3 is 4.74 Å². The average molecular weight is 411 g/mol. The van der Waals surface area contributed by atoms with Crippen LogP contribution in [0, 0.1) is 12.7 Å². The van der Waals surface area contributed by atoms with E-state index in [1.54, 1.807) is 36.4 Å². The van der Waals surface area contributed by atoms with Crippen molar-refractivity contribution in [1.29, 1.82) is 0 Å². The molecule has 0 N–H and O–H groups in total. The molecule has 0 amide bonds. The van der Waals surface area contributed by atoms with Gasteiger partial charge in [-0.05, 0) is 59.5 Å². The van der Waals surface area contributed by atoms with E-state index in [4.69, 9.17) is 4.74 Å². The zero-order valence-electron chi connectivity index (χ0n) is 16.0. The second-order valence-electron chi connectivity index (χ2n) is 6.96. The number of nitrogens with zero attached hydrogens (tertiary/aromatic N) is 1. The Labute approximate surface area is 170 Å². The van der Waals surface area contributed by atoms with Crippen LogP contribution in [0.5, 0.6) is 5.75 Å². The van der Waals surface area contributed by atoms with Crippen molar-refractivity contribution in [3.8, 4) is 16.9 Å². The van der Waals surface area contributed by atoms with Crippen LogP contribution in [0.4, 0.5) is 17.6 Å². The number of hydrogen-bond acceptors (Lipinski definition) is 2. The van der Waals surface area contributed by atoms with Gasteiger partial charge in [-0.25, -0.2) is 4.39 Å². The number of alkyl halides is 3. The number of ether oxygens (including phenoxy) is 1. The second-order valence-corrected chi connectivity index (χ2v) is 6.96. The monoisotopic (exact) mass is 411 g/mol. The van der Waals surface area contributed by atoms with E-state index in [-0.39, 0.29) is 17.9 Å². The molecule has 1 aromatic heterocycles. The predicted molar refractivity (Wildman–Crippen MR) is 108 cm³/mol. The third-order valence-corrected chi connectivity index (χ3v) is 4.83. The highest BCUT2D eigenvalue weighted by atomic mass is 19.4. The highest BCUT2D eigenvalue weighted by Gasteiger charge is 2.33. The summed E-state index contributed by atoms with van der Waals surface area (Å²) < 4.78 is 59.1. The third-order valence-electron chi connectivity index (χ3n) is 4.83. The summed E-state index contributed by atoms with van der Waals surface area (Å²) in [5, 5.41) is 0.431. The lowest BCUT2D eigenvalue weighted by molar-refractivity contribution is -0.136. The van der Waals surface area contributed by atoms with Gasteiger partial charge in [0.15, 0.2) is 0 Å². The number of para-hydroxylation sites is 1. The first-order valence-corrected chi connectivity index (χ1v) is 9.26. The molecule has 3 aromatic carbocycles. The van der Waals surface area contributed by atoms with Crippen LogP contribution in [-0.2, 0) is 12.8 Å². The molecule has 0 fully saturated rings. The summed E-state index contributed by atoms with van der Waals surface area (Å²) in [4.78, 5) is 4.06. The largest absolute Gasteiger partial charge is 0.489 e. The van der Waals surface area contributed by atoms with E-state index in [2.05, 4.69) is 4.98 Å². The van der Waals surface area contributed by atoms with Crippen LogP contribution in [0.15, 0.2) is 72.9 Å². The molecule has 0 saturated heterocycles. The molecule has 152 valence electrons. The summed E-state index contributed by atoms with van der Waals surface area (Å²) >= 11 is 0. The number of hydrogen-bond donors (Lipinski definition) is 0. The summed E-state index contributed by atoms with van der Waals surface area (Å²) in [5.41, 5.74) is 2.14. The Balaban J connectivity index is 1.73. The smallest absolute Gasteiger partial charge is 0.418 e. The van der Waals surface area contributed by atoms with Crippen LogP contribution < -0.4 is 4.74 Å². The Morgan fingerprint density at radius 2 is 1.67 bits per heavy atom. The van der Waals surface area contributed by atoms with E-state index in [1.165, 1.54) is 24.4 Å². The first-order chi connectivity index (χ1) is 14.3. The maximum absolute atomic E-state index is 13.4. The van der Waals surface area contributed by atoms with E-state index in [0.29, 0.717) is 16.7 Å². The predicted octanol–water partition coefficient (Wildman–Crippen LogP) is 6.95. The van der Waals surface area contributed by atoms with Crippen molar-refractivity contribution < 1.29 is 22.3 Å². The molecule has 30 heavy (non-hydrogen) atoms. The molecule has 0 atom stereocenters. The first-order valence-electron chi connectivity index (χ1n) is 9.26. The van der Waals surface area contributed by atoms with Gasteiger partial charge in [-0.2, -0.15) is 13.2 Å². The topological polar surface area (TPSA) is 22.1 Å². The van der Waals surface area contributed by atoms with Gasteiger partial charge in [-0.1, -0.05) is 36.4 Å². The number of aryl methyl sites for hydroxylation is 1. The maximum Gasteiger partial charge on any atom is 0.418 e. The maximum atomic E-state index is 13.4. The minimum Gasteiger partial charge on any atom is -0.489 e. The van der Waals surface area contributed by atoms with Crippen molar-refractivity contribution in [2.75, 3.05) is 0 Å². The molecule has 0 bridgehead atoms. The highest BCUT2D eigenvalue weighted by molar-refractivity contribution is 5.97. The zero-order chi connectivity index (χ0) is 21.3. The summed E-state index contributed by atoms with van der Waals surface area (Å²) in [7, 11) is 0. The van der Waals surface area contributed by atoms with Crippen molar-refractivity contribution in [2.24, 2.45) is 0 Å². The standard InChI is InChI=1S/C24H17F4NO/c1-15-13-29-23-20(6-3-7-21(23)24(26,27)28)22(15)17-4-2-5-19(12-17)30-14-16-8-10-18(25)11-9-16/h2-13H,14H2,1H3. The molecule has 0 aliphatic heterocycles. The Morgan fingerprint density at radius 3 is 2.40 bits per heavy atom. The van der Waals surface area contributed by atoms with E-state index in [0.717, 1.165) is 22.8 Å². The third kappa shape index (κ3) is 3.99. The number of pyridine rings is 1. The zero-order valence-corrected chi connectivity index (χ0v) is 16.0. The first kappa shape index (κ1) is 19.9. The van der Waals surface area contributed by atoms with E-state index in [9.17, 15) is 17.6 Å². The van der Waals surface area contributed by atoms with Crippen LogP contribution in [-0.4, -0.2) is 4.98 Å². The molecular weight excluding hydrogens is 394 g/mol. The number of rotatable bonds is 4. The lowest BCUT2D eigenvalue weighted by atomic mass is 9.95.